The average molecular weight is 298 g/mol. The number of carbonyl (C=O) groups excluding carboxylic acids is 1. The predicted octanol–water partition coefficient (Wildman–Crippen LogP) is 1.33. The van der Waals surface area contributed by atoms with Crippen LogP contribution in [0.15, 0.2) is 0 Å². The number of ether oxygens (including phenoxy) is 2. The van der Waals surface area contributed by atoms with Crippen molar-refractivity contribution >= 4 is 5.91 Å². The summed E-state index contributed by atoms with van der Waals surface area (Å²) in [6, 6.07) is 0. The Morgan fingerprint density at radius 2 is 1.86 bits per heavy atom. The van der Waals surface area contributed by atoms with Crippen molar-refractivity contribution in [1.29, 1.82) is 0 Å². The van der Waals surface area contributed by atoms with E-state index in [1.807, 2.05) is 0 Å². The predicted molar refractivity (Wildman–Crippen MR) is 82.2 cm³/mol. The van der Waals surface area contributed by atoms with E-state index in [4.69, 9.17) is 9.47 Å². The molecule has 1 amide bonds. The van der Waals surface area contributed by atoms with Gasteiger partial charge in [-0.1, -0.05) is 6.42 Å². The van der Waals surface area contributed by atoms with Crippen LogP contribution in [0.4, 0.5) is 0 Å². The van der Waals surface area contributed by atoms with Crippen LogP contribution in [0, 0.1) is 10.8 Å². The topological polar surface area (TPSA) is 59.6 Å². The molecule has 2 aliphatic rings. The number of nitrogens with one attached hydrogen (secondary N) is 2. The fourth-order valence-corrected chi connectivity index (χ4v) is 3.58. The summed E-state index contributed by atoms with van der Waals surface area (Å²) in [6.07, 6.45) is 6.44. The Kier molecular flexibility index (Phi) is 6.02. The molecule has 0 spiro atoms. The molecule has 1 saturated heterocycles. The van der Waals surface area contributed by atoms with Crippen LogP contribution < -0.4 is 10.6 Å². The summed E-state index contributed by atoms with van der Waals surface area (Å²) >= 11 is 0. The van der Waals surface area contributed by atoms with Gasteiger partial charge in [0.2, 0.25) is 5.91 Å². The number of hydrogen-bond acceptors (Lipinski definition) is 4. The van der Waals surface area contributed by atoms with Crippen molar-refractivity contribution in [2.45, 2.75) is 38.5 Å². The minimum absolute atomic E-state index is 0.176. The van der Waals surface area contributed by atoms with Gasteiger partial charge in [0, 0.05) is 27.4 Å². The smallest absolute Gasteiger partial charge is 0.228 e. The molecule has 122 valence electrons. The fraction of sp³-hybridized carbons (Fsp3) is 0.938. The molecule has 0 aromatic rings. The van der Waals surface area contributed by atoms with Crippen LogP contribution in [0.1, 0.15) is 38.5 Å². The molecule has 2 fully saturated rings. The Bertz CT molecular complexity index is 331. The molecule has 5 nitrogen and oxygen atoms in total. The summed E-state index contributed by atoms with van der Waals surface area (Å²) < 4.78 is 10.5. The summed E-state index contributed by atoms with van der Waals surface area (Å²) in [5.74, 6) is 0.176. The van der Waals surface area contributed by atoms with E-state index in [2.05, 4.69) is 10.6 Å². The third-order valence-corrected chi connectivity index (χ3v) is 5.34. The summed E-state index contributed by atoms with van der Waals surface area (Å²) in [7, 11) is 3.43. The summed E-state index contributed by atoms with van der Waals surface area (Å²) in [6.45, 7) is 3.87. The van der Waals surface area contributed by atoms with E-state index >= 15 is 0 Å². The first-order valence-corrected chi connectivity index (χ1v) is 8.13. The van der Waals surface area contributed by atoms with Crippen molar-refractivity contribution < 1.29 is 14.3 Å². The van der Waals surface area contributed by atoms with E-state index < -0.39 is 0 Å². The molecule has 0 aromatic carbocycles. The standard InChI is InChI=1S/C16H30N2O3/c1-20-11-8-15(4-3-5-15)12-18-14(19)16(13-21-2)6-9-17-10-7-16/h17H,3-13H2,1-2H3,(H,18,19). The number of carbonyl (C=O) groups is 1. The van der Waals surface area contributed by atoms with Crippen molar-refractivity contribution in [1.82, 2.24) is 10.6 Å². The van der Waals surface area contributed by atoms with Crippen LogP contribution in [0.5, 0.6) is 0 Å². The molecule has 21 heavy (non-hydrogen) atoms. The highest BCUT2D eigenvalue weighted by atomic mass is 16.5. The molecule has 2 N–H and O–H groups in total. The monoisotopic (exact) mass is 298 g/mol. The Balaban J connectivity index is 1.89. The molecular formula is C16H30N2O3. The van der Waals surface area contributed by atoms with Crippen LogP contribution in [0.3, 0.4) is 0 Å². The minimum Gasteiger partial charge on any atom is -0.385 e. The van der Waals surface area contributed by atoms with Crippen molar-refractivity contribution in [3.63, 3.8) is 0 Å². The molecule has 0 bridgehead atoms. The lowest BCUT2D eigenvalue weighted by Gasteiger charge is -2.43. The third-order valence-electron chi connectivity index (χ3n) is 5.34. The van der Waals surface area contributed by atoms with E-state index in [9.17, 15) is 4.79 Å². The lowest BCUT2D eigenvalue weighted by atomic mass is 9.66. The summed E-state index contributed by atoms with van der Waals surface area (Å²) in [4.78, 5) is 12.7. The van der Waals surface area contributed by atoms with Gasteiger partial charge in [0.15, 0.2) is 0 Å². The van der Waals surface area contributed by atoms with E-state index in [1.165, 1.54) is 19.3 Å². The normalized spacial score (nSPS) is 23.3. The molecule has 1 saturated carbocycles. The highest BCUT2D eigenvalue weighted by molar-refractivity contribution is 5.83. The van der Waals surface area contributed by atoms with Crippen molar-refractivity contribution in [3.8, 4) is 0 Å². The van der Waals surface area contributed by atoms with Gasteiger partial charge in [-0.2, -0.15) is 0 Å². The van der Waals surface area contributed by atoms with Gasteiger partial charge in [-0.15, -0.1) is 0 Å². The van der Waals surface area contributed by atoms with E-state index in [0.717, 1.165) is 45.5 Å². The summed E-state index contributed by atoms with van der Waals surface area (Å²) in [5.41, 5.74) is -0.0704. The van der Waals surface area contributed by atoms with E-state index in [-0.39, 0.29) is 16.7 Å². The fourth-order valence-electron chi connectivity index (χ4n) is 3.58. The zero-order chi connectivity index (χ0) is 15.2. The quantitative estimate of drug-likeness (QED) is 0.710. The first-order valence-electron chi connectivity index (χ1n) is 8.13. The van der Waals surface area contributed by atoms with Crippen LogP contribution >= 0.6 is 0 Å². The largest absolute Gasteiger partial charge is 0.385 e. The molecule has 2 rings (SSSR count). The van der Waals surface area contributed by atoms with Gasteiger partial charge in [-0.3, -0.25) is 4.79 Å². The molecule has 1 heterocycles. The second-order valence-electron chi connectivity index (χ2n) is 6.74. The molecule has 0 atom stereocenters. The highest BCUT2D eigenvalue weighted by Crippen LogP contribution is 2.43. The molecule has 1 aliphatic heterocycles. The SMILES string of the molecule is COCCC1(CNC(=O)C2(COC)CCNCC2)CCC1. The zero-order valence-electron chi connectivity index (χ0n) is 13.5. The maximum absolute atomic E-state index is 12.7. The molecule has 1 aliphatic carbocycles. The second-order valence-corrected chi connectivity index (χ2v) is 6.74. The minimum atomic E-state index is -0.341. The van der Waals surface area contributed by atoms with Gasteiger partial charge >= 0.3 is 0 Å². The van der Waals surface area contributed by atoms with Gasteiger partial charge < -0.3 is 20.1 Å². The molecular weight excluding hydrogens is 268 g/mol. The maximum Gasteiger partial charge on any atom is 0.228 e. The van der Waals surface area contributed by atoms with Gasteiger partial charge in [0.05, 0.1) is 12.0 Å². The van der Waals surface area contributed by atoms with Crippen molar-refractivity contribution in [3.05, 3.63) is 0 Å². The van der Waals surface area contributed by atoms with E-state index in [0.29, 0.717) is 6.61 Å². The first-order chi connectivity index (χ1) is 10.2. The van der Waals surface area contributed by atoms with Gasteiger partial charge in [0.25, 0.3) is 0 Å². The first kappa shape index (κ1) is 16.7. The molecule has 0 aromatic heterocycles. The van der Waals surface area contributed by atoms with Crippen LogP contribution in [-0.4, -0.2) is 53.0 Å². The highest BCUT2D eigenvalue weighted by Gasteiger charge is 2.42. The lowest BCUT2D eigenvalue weighted by molar-refractivity contribution is -0.137. The third kappa shape index (κ3) is 3.96. The summed E-state index contributed by atoms with van der Waals surface area (Å²) in [5, 5.41) is 6.55. The second kappa shape index (κ2) is 7.56. The van der Waals surface area contributed by atoms with E-state index in [1.54, 1.807) is 14.2 Å². The Labute approximate surface area is 128 Å². The van der Waals surface area contributed by atoms with Gasteiger partial charge in [0.1, 0.15) is 0 Å². The zero-order valence-corrected chi connectivity index (χ0v) is 13.5. The molecule has 0 unspecified atom stereocenters. The molecule has 0 radical (unpaired) electrons. The van der Waals surface area contributed by atoms with Crippen molar-refractivity contribution in [2.24, 2.45) is 10.8 Å². The Hall–Kier alpha value is -0.650. The number of hydrogen-bond donors (Lipinski definition) is 2. The number of amides is 1. The van der Waals surface area contributed by atoms with Crippen LogP contribution in [0.2, 0.25) is 0 Å². The van der Waals surface area contributed by atoms with Crippen LogP contribution in [0.25, 0.3) is 0 Å². The van der Waals surface area contributed by atoms with Gasteiger partial charge in [-0.25, -0.2) is 0 Å². The maximum atomic E-state index is 12.7. The van der Waals surface area contributed by atoms with Crippen molar-refractivity contribution in [2.75, 3.05) is 47.1 Å². The molecule has 5 heteroatoms. The van der Waals surface area contributed by atoms with Crippen LogP contribution in [-0.2, 0) is 14.3 Å². The Morgan fingerprint density at radius 1 is 1.14 bits per heavy atom. The Morgan fingerprint density at radius 3 is 2.38 bits per heavy atom. The number of rotatable bonds is 8. The number of methoxy groups -OCH3 is 2. The lowest BCUT2D eigenvalue weighted by Crippen LogP contribution is -2.53. The number of piperidine rings is 1. The van der Waals surface area contributed by atoms with Gasteiger partial charge in [-0.05, 0) is 50.6 Å². The average Bonchev–Trinajstić information content (AvgIpc) is 2.47.